The largest absolute Gasteiger partial charge is 0.489 e. The number of hydrogen-bond donors (Lipinski definition) is 1. The molecule has 0 saturated heterocycles. The number of rotatable bonds is 3. The molecule has 0 spiro atoms. The summed E-state index contributed by atoms with van der Waals surface area (Å²) in [5, 5.41) is 5.67. The fraction of sp³-hybridized carbons (Fsp3) is 0.429. The first kappa shape index (κ1) is 19.9. The number of hydrogen-bond acceptors (Lipinski definition) is 4. The van der Waals surface area contributed by atoms with Gasteiger partial charge in [-0.2, -0.15) is 0 Å². The molecule has 0 radical (unpaired) electrons. The van der Waals surface area contributed by atoms with E-state index in [1.165, 1.54) is 21.9 Å². The molecule has 0 bridgehead atoms. The summed E-state index contributed by atoms with van der Waals surface area (Å²) in [4.78, 5) is 17.0. The van der Waals surface area contributed by atoms with E-state index >= 15 is 0 Å². The maximum atomic E-state index is 12.8. The highest BCUT2D eigenvalue weighted by atomic mass is 16.5. The monoisotopic (exact) mass is 426 g/mol. The maximum absolute atomic E-state index is 12.8. The van der Waals surface area contributed by atoms with Gasteiger partial charge in [-0.1, -0.05) is 37.3 Å². The standard InChI is InChI=1S/C28H30N2O2/c1-28-9-7-20-14-22-25(31)11-17(15-29-2)12-26(22)32-27(20)24(28)6-5-23(28)19-3-4-21-16-30-10-8-18(21)13-19/h3-4,7-10,13-14,16-17,23-24,27,29H,5-6,11-12,15H2,1-2H3/t17?,23-,24+,27-,28-/m1/s1. The van der Waals surface area contributed by atoms with Crippen molar-refractivity contribution in [3.05, 3.63) is 77.4 Å². The van der Waals surface area contributed by atoms with E-state index in [9.17, 15) is 4.79 Å². The highest BCUT2D eigenvalue weighted by Gasteiger charge is 2.53. The van der Waals surface area contributed by atoms with E-state index in [-0.39, 0.29) is 17.3 Å². The van der Waals surface area contributed by atoms with Crippen LogP contribution < -0.4 is 5.32 Å². The summed E-state index contributed by atoms with van der Waals surface area (Å²) in [5.41, 5.74) is 3.44. The van der Waals surface area contributed by atoms with E-state index < -0.39 is 0 Å². The zero-order valence-corrected chi connectivity index (χ0v) is 18.8. The van der Waals surface area contributed by atoms with Gasteiger partial charge in [-0.15, -0.1) is 0 Å². The van der Waals surface area contributed by atoms with Crippen LogP contribution in [0.1, 0.15) is 44.1 Å². The van der Waals surface area contributed by atoms with Crippen molar-refractivity contribution in [2.45, 2.75) is 44.6 Å². The molecule has 164 valence electrons. The van der Waals surface area contributed by atoms with Crippen LogP contribution in [0.15, 0.2) is 71.8 Å². The van der Waals surface area contributed by atoms with Crippen LogP contribution in [0.2, 0.25) is 0 Å². The number of nitrogens with zero attached hydrogens (tertiary/aromatic N) is 1. The van der Waals surface area contributed by atoms with E-state index in [0.717, 1.165) is 37.1 Å². The van der Waals surface area contributed by atoms with Gasteiger partial charge in [0.25, 0.3) is 0 Å². The Balaban J connectivity index is 1.33. The molecule has 4 nitrogen and oxygen atoms in total. The smallest absolute Gasteiger partial charge is 0.166 e. The van der Waals surface area contributed by atoms with E-state index in [0.29, 0.717) is 24.2 Å². The van der Waals surface area contributed by atoms with Gasteiger partial charge in [-0.05, 0) is 72.4 Å². The van der Waals surface area contributed by atoms with Crippen molar-refractivity contribution in [2.24, 2.45) is 17.3 Å². The Labute approximate surface area is 189 Å². The topological polar surface area (TPSA) is 51.2 Å². The third kappa shape index (κ3) is 3.00. The molecular formula is C28H30N2O2. The normalized spacial score (nSPS) is 33.4. The minimum Gasteiger partial charge on any atom is -0.489 e. The molecule has 5 atom stereocenters. The van der Waals surface area contributed by atoms with E-state index in [1.807, 2.05) is 19.4 Å². The van der Waals surface area contributed by atoms with Gasteiger partial charge in [-0.3, -0.25) is 9.78 Å². The molecule has 0 amide bonds. The van der Waals surface area contributed by atoms with Crippen molar-refractivity contribution >= 4 is 16.6 Å². The SMILES string of the molecule is CNCC1CC(=O)C2=C(C1)O[C@@H]1C(=C2)C=C[C@]2(C)[C@@H](c3ccc4cnccc4c3)CC[C@@H]12. The number of carbonyl (C=O) groups excluding carboxylic acids is 1. The number of carbonyl (C=O) groups is 1. The molecule has 2 aromatic rings. The summed E-state index contributed by atoms with van der Waals surface area (Å²) in [6, 6.07) is 8.94. The molecule has 4 aliphatic rings. The van der Waals surface area contributed by atoms with Crippen LogP contribution in [-0.2, 0) is 9.53 Å². The number of benzene rings is 1. The molecule has 2 heterocycles. The summed E-state index contributed by atoms with van der Waals surface area (Å²) < 4.78 is 6.68. The molecule has 1 saturated carbocycles. The van der Waals surface area contributed by atoms with Crippen LogP contribution in [-0.4, -0.2) is 30.5 Å². The molecule has 1 unspecified atom stereocenters. The fourth-order valence-electron chi connectivity index (χ4n) is 6.67. The van der Waals surface area contributed by atoms with Gasteiger partial charge in [0.15, 0.2) is 5.78 Å². The van der Waals surface area contributed by atoms with Crippen LogP contribution in [0.5, 0.6) is 0 Å². The van der Waals surface area contributed by atoms with Gasteiger partial charge < -0.3 is 10.1 Å². The number of allylic oxidation sites excluding steroid dienone is 4. The molecule has 1 aromatic heterocycles. The Bertz CT molecular complexity index is 1190. The van der Waals surface area contributed by atoms with Crippen LogP contribution in [0.25, 0.3) is 10.8 Å². The van der Waals surface area contributed by atoms with Crippen LogP contribution in [0.3, 0.4) is 0 Å². The van der Waals surface area contributed by atoms with Gasteiger partial charge >= 0.3 is 0 Å². The molecule has 1 aliphatic heterocycles. The zero-order chi connectivity index (χ0) is 21.9. The van der Waals surface area contributed by atoms with Crippen LogP contribution in [0, 0.1) is 17.3 Å². The summed E-state index contributed by atoms with van der Waals surface area (Å²) in [7, 11) is 1.95. The quantitative estimate of drug-likeness (QED) is 0.743. The Morgan fingerprint density at radius 1 is 1.19 bits per heavy atom. The highest BCUT2D eigenvalue weighted by molar-refractivity contribution is 6.00. The first-order valence-corrected chi connectivity index (χ1v) is 11.9. The second-order valence-electron chi connectivity index (χ2n) is 10.2. The van der Waals surface area contributed by atoms with Gasteiger partial charge in [0.05, 0.1) is 5.57 Å². The van der Waals surface area contributed by atoms with E-state index in [2.05, 4.69) is 59.7 Å². The second-order valence-corrected chi connectivity index (χ2v) is 10.2. The van der Waals surface area contributed by atoms with E-state index in [1.54, 1.807) is 0 Å². The number of Topliss-reactive ketones (excluding diaryl/α,β-unsaturated/α-hetero) is 1. The predicted octanol–water partition coefficient (Wildman–Crippen LogP) is 5.08. The van der Waals surface area contributed by atoms with Crippen molar-refractivity contribution in [2.75, 3.05) is 13.6 Å². The third-order valence-electron chi connectivity index (χ3n) is 8.33. The average molecular weight is 427 g/mol. The predicted molar refractivity (Wildman–Crippen MR) is 126 cm³/mol. The number of ketones is 1. The summed E-state index contributed by atoms with van der Waals surface area (Å²) in [6.45, 7) is 3.26. The third-order valence-corrected chi connectivity index (χ3v) is 8.33. The lowest BCUT2D eigenvalue weighted by atomic mass is 9.64. The molecule has 1 aromatic carbocycles. The zero-order valence-electron chi connectivity index (χ0n) is 18.8. The lowest BCUT2D eigenvalue weighted by Crippen LogP contribution is -2.41. The minimum absolute atomic E-state index is 0.0455. The van der Waals surface area contributed by atoms with Crippen LogP contribution >= 0.6 is 0 Å². The van der Waals surface area contributed by atoms with Crippen molar-refractivity contribution in [3.8, 4) is 0 Å². The molecular weight excluding hydrogens is 396 g/mol. The highest BCUT2D eigenvalue weighted by Crippen LogP contribution is 2.59. The molecule has 1 fully saturated rings. The molecule has 32 heavy (non-hydrogen) atoms. The van der Waals surface area contributed by atoms with Gasteiger partial charge in [0, 0.05) is 36.5 Å². The van der Waals surface area contributed by atoms with Crippen molar-refractivity contribution < 1.29 is 9.53 Å². The Morgan fingerprint density at radius 2 is 2.09 bits per heavy atom. The second kappa shape index (κ2) is 7.41. The lowest BCUT2D eigenvalue weighted by molar-refractivity contribution is -0.117. The van der Waals surface area contributed by atoms with E-state index in [4.69, 9.17) is 4.74 Å². The van der Waals surface area contributed by atoms with Crippen molar-refractivity contribution in [3.63, 3.8) is 0 Å². The van der Waals surface area contributed by atoms with Crippen LogP contribution in [0.4, 0.5) is 0 Å². The minimum atomic E-state index is 0.0455. The number of ether oxygens (including phenoxy) is 1. The molecule has 1 N–H and O–H groups in total. The lowest BCUT2D eigenvalue weighted by Gasteiger charge is -2.45. The number of nitrogens with one attached hydrogen (secondary N) is 1. The first-order valence-electron chi connectivity index (χ1n) is 11.9. The van der Waals surface area contributed by atoms with Crippen molar-refractivity contribution in [1.29, 1.82) is 0 Å². The molecule has 3 aliphatic carbocycles. The number of fused-ring (bicyclic) bond motifs is 4. The van der Waals surface area contributed by atoms with Crippen molar-refractivity contribution in [1.82, 2.24) is 10.3 Å². The summed E-state index contributed by atoms with van der Waals surface area (Å²) in [6.07, 6.45) is 14.4. The first-order chi connectivity index (χ1) is 15.6. The van der Waals surface area contributed by atoms with Gasteiger partial charge in [0.1, 0.15) is 11.9 Å². The molecule has 6 rings (SSSR count). The van der Waals surface area contributed by atoms with Gasteiger partial charge in [-0.25, -0.2) is 0 Å². The number of aromatic nitrogens is 1. The maximum Gasteiger partial charge on any atom is 0.166 e. The Kier molecular flexibility index (Phi) is 4.62. The van der Waals surface area contributed by atoms with Gasteiger partial charge in [0.2, 0.25) is 0 Å². The fourth-order valence-corrected chi connectivity index (χ4v) is 6.67. The summed E-state index contributed by atoms with van der Waals surface area (Å²) in [5.74, 6) is 2.37. The summed E-state index contributed by atoms with van der Waals surface area (Å²) >= 11 is 0. The molecule has 4 heteroatoms. The Morgan fingerprint density at radius 3 is 2.97 bits per heavy atom. The number of pyridine rings is 1. The average Bonchev–Trinajstić information content (AvgIpc) is 3.15. The Hall–Kier alpha value is -2.72.